The summed E-state index contributed by atoms with van der Waals surface area (Å²) in [5.41, 5.74) is 0. The van der Waals surface area contributed by atoms with E-state index < -0.39 is 0 Å². The number of ether oxygens (including phenoxy) is 2. The number of nitrogens with one attached hydrogen (secondary N) is 1. The molecule has 0 amide bonds. The Balaban J connectivity index is 1.68. The summed E-state index contributed by atoms with van der Waals surface area (Å²) < 4.78 is 10.9. The van der Waals surface area contributed by atoms with E-state index in [9.17, 15) is 0 Å². The van der Waals surface area contributed by atoms with Crippen molar-refractivity contribution >= 4 is 0 Å². The Hall–Kier alpha value is -1.22. The van der Waals surface area contributed by atoms with E-state index in [1.807, 2.05) is 24.3 Å². The van der Waals surface area contributed by atoms with Crippen molar-refractivity contribution in [1.29, 1.82) is 0 Å². The van der Waals surface area contributed by atoms with Gasteiger partial charge in [-0.15, -0.1) is 0 Å². The standard InChI is InChI=1S/C17H27NO2/c1-13-5-4-6-17(14(13)2)18-11-12-20-16-9-7-15(19-3)8-10-16/h7-10,13-14,17-18H,4-6,11-12H2,1-3H3/t13-,14+,17-/m0/s1. The van der Waals surface area contributed by atoms with E-state index in [-0.39, 0.29) is 0 Å². The van der Waals surface area contributed by atoms with E-state index in [2.05, 4.69) is 19.2 Å². The van der Waals surface area contributed by atoms with Crippen molar-refractivity contribution in [2.45, 2.75) is 39.2 Å². The van der Waals surface area contributed by atoms with Gasteiger partial charge in [0.15, 0.2) is 0 Å². The molecule has 1 aliphatic rings. The van der Waals surface area contributed by atoms with Crippen LogP contribution >= 0.6 is 0 Å². The Morgan fingerprint density at radius 1 is 1.10 bits per heavy atom. The maximum Gasteiger partial charge on any atom is 0.119 e. The van der Waals surface area contributed by atoms with Gasteiger partial charge >= 0.3 is 0 Å². The van der Waals surface area contributed by atoms with Crippen molar-refractivity contribution in [3.63, 3.8) is 0 Å². The van der Waals surface area contributed by atoms with Crippen LogP contribution in [0.25, 0.3) is 0 Å². The Morgan fingerprint density at radius 3 is 2.50 bits per heavy atom. The van der Waals surface area contributed by atoms with Crippen LogP contribution in [0.1, 0.15) is 33.1 Å². The van der Waals surface area contributed by atoms with E-state index in [4.69, 9.17) is 9.47 Å². The average Bonchev–Trinajstić information content (AvgIpc) is 2.48. The SMILES string of the molecule is COc1ccc(OCCN[C@H]2CCC[C@H](C)[C@H]2C)cc1. The minimum absolute atomic E-state index is 0.651. The topological polar surface area (TPSA) is 30.5 Å². The van der Waals surface area contributed by atoms with E-state index in [1.54, 1.807) is 7.11 Å². The van der Waals surface area contributed by atoms with Gasteiger partial charge in [-0.25, -0.2) is 0 Å². The van der Waals surface area contributed by atoms with Gasteiger partial charge in [-0.1, -0.05) is 26.7 Å². The molecule has 0 unspecified atom stereocenters. The fraction of sp³-hybridized carbons (Fsp3) is 0.647. The first-order chi connectivity index (χ1) is 9.70. The zero-order valence-electron chi connectivity index (χ0n) is 12.9. The molecule has 0 aliphatic heterocycles. The van der Waals surface area contributed by atoms with Gasteiger partial charge in [0.1, 0.15) is 18.1 Å². The third kappa shape index (κ3) is 4.14. The minimum atomic E-state index is 0.651. The molecule has 0 radical (unpaired) electrons. The molecule has 0 heterocycles. The van der Waals surface area contributed by atoms with Crippen molar-refractivity contribution in [2.24, 2.45) is 11.8 Å². The maximum absolute atomic E-state index is 5.74. The third-order valence-corrected chi connectivity index (χ3v) is 4.54. The monoisotopic (exact) mass is 277 g/mol. The minimum Gasteiger partial charge on any atom is -0.497 e. The molecule has 3 atom stereocenters. The molecule has 1 aromatic rings. The smallest absolute Gasteiger partial charge is 0.119 e. The highest BCUT2D eigenvalue weighted by molar-refractivity contribution is 5.31. The van der Waals surface area contributed by atoms with Gasteiger partial charge in [-0.05, 0) is 42.5 Å². The summed E-state index contributed by atoms with van der Waals surface area (Å²) in [7, 11) is 1.67. The van der Waals surface area contributed by atoms with Crippen molar-refractivity contribution in [3.05, 3.63) is 24.3 Å². The predicted molar refractivity (Wildman–Crippen MR) is 82.5 cm³/mol. The Labute approximate surface area is 122 Å². The molecule has 0 spiro atoms. The van der Waals surface area contributed by atoms with E-state index in [0.717, 1.165) is 29.9 Å². The number of benzene rings is 1. The van der Waals surface area contributed by atoms with Gasteiger partial charge in [0, 0.05) is 12.6 Å². The Bertz CT molecular complexity index is 390. The molecule has 112 valence electrons. The lowest BCUT2D eigenvalue weighted by Crippen LogP contribution is -2.42. The van der Waals surface area contributed by atoms with Gasteiger partial charge in [0.2, 0.25) is 0 Å². The van der Waals surface area contributed by atoms with E-state index >= 15 is 0 Å². The van der Waals surface area contributed by atoms with Gasteiger partial charge in [-0.3, -0.25) is 0 Å². The molecule has 1 aliphatic carbocycles. The summed E-state index contributed by atoms with van der Waals surface area (Å²) in [6.45, 7) is 6.36. The zero-order chi connectivity index (χ0) is 14.4. The van der Waals surface area contributed by atoms with Gasteiger partial charge in [-0.2, -0.15) is 0 Å². The molecule has 20 heavy (non-hydrogen) atoms. The summed E-state index contributed by atoms with van der Waals surface area (Å²) >= 11 is 0. The quantitative estimate of drug-likeness (QED) is 0.807. The second-order valence-electron chi connectivity index (χ2n) is 5.85. The number of hydrogen-bond donors (Lipinski definition) is 1. The fourth-order valence-corrected chi connectivity index (χ4v) is 2.96. The number of methoxy groups -OCH3 is 1. The first-order valence-electron chi connectivity index (χ1n) is 7.71. The van der Waals surface area contributed by atoms with Crippen LogP contribution in [0.3, 0.4) is 0 Å². The highest BCUT2D eigenvalue weighted by Gasteiger charge is 2.26. The van der Waals surface area contributed by atoms with Crippen molar-refractivity contribution < 1.29 is 9.47 Å². The second-order valence-corrected chi connectivity index (χ2v) is 5.85. The molecule has 2 rings (SSSR count). The third-order valence-electron chi connectivity index (χ3n) is 4.54. The number of hydrogen-bond acceptors (Lipinski definition) is 3. The molecule has 3 nitrogen and oxygen atoms in total. The zero-order valence-corrected chi connectivity index (χ0v) is 12.9. The van der Waals surface area contributed by atoms with Crippen molar-refractivity contribution in [3.8, 4) is 11.5 Å². The summed E-state index contributed by atoms with van der Waals surface area (Å²) in [6.07, 6.45) is 4.03. The van der Waals surface area contributed by atoms with Crippen LogP contribution in [-0.4, -0.2) is 26.3 Å². The summed E-state index contributed by atoms with van der Waals surface area (Å²) in [5.74, 6) is 3.37. The molecule has 1 saturated carbocycles. The largest absolute Gasteiger partial charge is 0.497 e. The van der Waals surface area contributed by atoms with Crippen molar-refractivity contribution in [1.82, 2.24) is 5.32 Å². The van der Waals surface area contributed by atoms with Crippen LogP contribution in [-0.2, 0) is 0 Å². The summed E-state index contributed by atoms with van der Waals surface area (Å²) in [5, 5.41) is 3.64. The predicted octanol–water partition coefficient (Wildman–Crippen LogP) is 3.49. The average molecular weight is 277 g/mol. The summed E-state index contributed by atoms with van der Waals surface area (Å²) in [6, 6.07) is 8.40. The Kier molecular flexibility index (Phi) is 5.72. The first kappa shape index (κ1) is 15.2. The molecule has 1 aromatic carbocycles. The normalized spacial score (nSPS) is 26.2. The van der Waals surface area contributed by atoms with Gasteiger partial charge in [0.25, 0.3) is 0 Å². The van der Waals surface area contributed by atoms with E-state index in [0.29, 0.717) is 12.6 Å². The van der Waals surface area contributed by atoms with Crippen LogP contribution in [0.2, 0.25) is 0 Å². The van der Waals surface area contributed by atoms with Crippen LogP contribution in [0.5, 0.6) is 11.5 Å². The Morgan fingerprint density at radius 2 is 1.80 bits per heavy atom. The molecule has 1 fully saturated rings. The molecule has 0 bridgehead atoms. The lowest BCUT2D eigenvalue weighted by atomic mass is 9.78. The van der Waals surface area contributed by atoms with Crippen LogP contribution in [0.15, 0.2) is 24.3 Å². The van der Waals surface area contributed by atoms with Crippen molar-refractivity contribution in [2.75, 3.05) is 20.3 Å². The van der Waals surface area contributed by atoms with Crippen LogP contribution in [0.4, 0.5) is 0 Å². The molecule has 3 heteroatoms. The highest BCUT2D eigenvalue weighted by Crippen LogP contribution is 2.29. The molecular weight excluding hydrogens is 250 g/mol. The number of rotatable bonds is 6. The lowest BCUT2D eigenvalue weighted by molar-refractivity contribution is 0.197. The van der Waals surface area contributed by atoms with Crippen LogP contribution < -0.4 is 14.8 Å². The molecule has 0 saturated heterocycles. The lowest BCUT2D eigenvalue weighted by Gasteiger charge is -2.34. The highest BCUT2D eigenvalue weighted by atomic mass is 16.5. The molecule has 0 aromatic heterocycles. The van der Waals surface area contributed by atoms with Crippen LogP contribution in [0, 0.1) is 11.8 Å². The summed E-state index contributed by atoms with van der Waals surface area (Å²) in [4.78, 5) is 0. The van der Waals surface area contributed by atoms with Gasteiger partial charge in [0.05, 0.1) is 7.11 Å². The van der Waals surface area contributed by atoms with Gasteiger partial charge < -0.3 is 14.8 Å². The molecular formula is C17H27NO2. The fourth-order valence-electron chi connectivity index (χ4n) is 2.96. The maximum atomic E-state index is 5.74. The molecule has 1 N–H and O–H groups in total. The first-order valence-corrected chi connectivity index (χ1v) is 7.71. The van der Waals surface area contributed by atoms with E-state index in [1.165, 1.54) is 19.3 Å². The second kappa shape index (κ2) is 7.53.